The van der Waals surface area contributed by atoms with E-state index in [0.717, 1.165) is 5.33 Å². The first-order chi connectivity index (χ1) is 5.10. The van der Waals surface area contributed by atoms with Crippen molar-refractivity contribution in [2.45, 2.75) is 44.9 Å². The van der Waals surface area contributed by atoms with Gasteiger partial charge in [0.2, 0.25) is 0 Å². The summed E-state index contributed by atoms with van der Waals surface area (Å²) in [4.78, 5) is 0.657. The predicted molar refractivity (Wildman–Crippen MR) is 59.8 cm³/mol. The minimum Gasteiger partial charge on any atom is -0.0928 e. The summed E-state index contributed by atoms with van der Waals surface area (Å²) in [6.45, 7) is 6.90. The molecule has 0 bridgehead atoms. The molecule has 2 heteroatoms. The van der Waals surface area contributed by atoms with Gasteiger partial charge >= 0.3 is 0 Å². The molecule has 0 aromatic heterocycles. The van der Waals surface area contributed by atoms with Crippen molar-refractivity contribution in [1.29, 1.82) is 0 Å². The van der Waals surface area contributed by atoms with Crippen molar-refractivity contribution < 1.29 is 0 Å². The van der Waals surface area contributed by atoms with E-state index in [9.17, 15) is 0 Å². The molecule has 0 spiro atoms. The second-order valence-corrected chi connectivity index (χ2v) is 5.20. The van der Waals surface area contributed by atoms with Gasteiger partial charge in [0.1, 0.15) is 0 Å². The van der Waals surface area contributed by atoms with E-state index < -0.39 is 0 Å². The van der Waals surface area contributed by atoms with Gasteiger partial charge in [0, 0.05) is 10.2 Å². The van der Waals surface area contributed by atoms with Crippen LogP contribution in [0.4, 0.5) is 0 Å². The summed E-state index contributed by atoms with van der Waals surface area (Å²) in [6.07, 6.45) is 3.73. The molecule has 0 rings (SSSR count). The Morgan fingerprint density at radius 1 is 1.27 bits per heavy atom. The second-order valence-electron chi connectivity index (χ2n) is 3.31. The predicted octanol–water partition coefficient (Wildman–Crippen LogP) is 4.36. The van der Waals surface area contributed by atoms with Crippen LogP contribution in [-0.4, -0.2) is 10.2 Å². The highest BCUT2D eigenvalue weighted by atomic mass is 79.9. The minimum atomic E-state index is 0.480. The van der Waals surface area contributed by atoms with E-state index in [1.807, 2.05) is 0 Å². The molecule has 0 nitrogen and oxygen atoms in total. The molecule has 0 saturated heterocycles. The van der Waals surface area contributed by atoms with Crippen LogP contribution in [0, 0.1) is 5.41 Å². The van der Waals surface area contributed by atoms with Gasteiger partial charge in [-0.05, 0) is 24.7 Å². The highest BCUT2D eigenvalue weighted by Gasteiger charge is 2.27. The van der Waals surface area contributed by atoms with Crippen LogP contribution in [-0.2, 0) is 0 Å². The van der Waals surface area contributed by atoms with Crippen LogP contribution >= 0.6 is 31.9 Å². The molecule has 0 aliphatic rings. The third kappa shape index (κ3) is 3.45. The Labute approximate surface area is 87.4 Å². The molecule has 0 radical (unpaired) electrons. The van der Waals surface area contributed by atoms with Crippen LogP contribution in [0.25, 0.3) is 0 Å². The van der Waals surface area contributed by atoms with Crippen molar-refractivity contribution in [2.24, 2.45) is 5.41 Å². The average Bonchev–Trinajstić information content (AvgIpc) is 2.03. The standard InChI is InChI=1S/C9H18Br2/c1-4-9(3,5-2)8(11)6-7-10/h8H,4-7H2,1-3H3. The first-order valence-corrected chi connectivity index (χ1v) is 6.34. The molecule has 1 unspecified atom stereocenters. The number of halogens is 2. The maximum atomic E-state index is 3.75. The molecular weight excluding hydrogens is 268 g/mol. The van der Waals surface area contributed by atoms with Gasteiger partial charge in [-0.25, -0.2) is 0 Å². The molecule has 0 aliphatic carbocycles. The van der Waals surface area contributed by atoms with Crippen LogP contribution in [0.2, 0.25) is 0 Å². The Kier molecular flexibility index (Phi) is 6.07. The Morgan fingerprint density at radius 2 is 1.73 bits per heavy atom. The molecular formula is C9H18Br2. The smallest absolute Gasteiger partial charge is 0.0207 e. The van der Waals surface area contributed by atoms with Crippen molar-refractivity contribution in [3.63, 3.8) is 0 Å². The zero-order valence-electron chi connectivity index (χ0n) is 7.66. The van der Waals surface area contributed by atoms with Crippen LogP contribution in [0.3, 0.4) is 0 Å². The molecule has 68 valence electrons. The van der Waals surface area contributed by atoms with Crippen molar-refractivity contribution in [1.82, 2.24) is 0 Å². The Hall–Kier alpha value is 0.960. The highest BCUT2D eigenvalue weighted by molar-refractivity contribution is 9.10. The van der Waals surface area contributed by atoms with Gasteiger partial charge in [-0.3, -0.25) is 0 Å². The summed E-state index contributed by atoms with van der Waals surface area (Å²) in [7, 11) is 0. The van der Waals surface area contributed by atoms with Crippen molar-refractivity contribution in [3.8, 4) is 0 Å². The van der Waals surface area contributed by atoms with Crippen molar-refractivity contribution >= 4 is 31.9 Å². The third-order valence-electron chi connectivity index (χ3n) is 2.73. The summed E-state index contributed by atoms with van der Waals surface area (Å²) < 4.78 is 0. The fourth-order valence-corrected chi connectivity index (χ4v) is 3.09. The van der Waals surface area contributed by atoms with Crippen molar-refractivity contribution in [2.75, 3.05) is 5.33 Å². The van der Waals surface area contributed by atoms with Gasteiger partial charge in [0.15, 0.2) is 0 Å². The van der Waals surface area contributed by atoms with E-state index in [4.69, 9.17) is 0 Å². The largest absolute Gasteiger partial charge is 0.0928 e. The van der Waals surface area contributed by atoms with E-state index >= 15 is 0 Å². The molecule has 11 heavy (non-hydrogen) atoms. The van der Waals surface area contributed by atoms with E-state index in [1.54, 1.807) is 0 Å². The van der Waals surface area contributed by atoms with E-state index in [0.29, 0.717) is 10.2 Å². The summed E-state index contributed by atoms with van der Waals surface area (Å²) >= 11 is 7.22. The van der Waals surface area contributed by atoms with E-state index in [1.165, 1.54) is 19.3 Å². The van der Waals surface area contributed by atoms with Gasteiger partial charge < -0.3 is 0 Å². The first-order valence-electron chi connectivity index (χ1n) is 4.30. The lowest BCUT2D eigenvalue weighted by Gasteiger charge is -2.32. The summed E-state index contributed by atoms with van der Waals surface area (Å²) in [5.74, 6) is 0. The average molecular weight is 286 g/mol. The molecule has 0 aromatic rings. The van der Waals surface area contributed by atoms with Crippen LogP contribution in [0.1, 0.15) is 40.0 Å². The van der Waals surface area contributed by atoms with Gasteiger partial charge in [0.05, 0.1) is 0 Å². The SMILES string of the molecule is CCC(C)(CC)C(Br)CCBr. The zero-order chi connectivity index (χ0) is 8.91. The molecule has 0 saturated carbocycles. The molecule has 1 atom stereocenters. The van der Waals surface area contributed by atoms with Crippen LogP contribution < -0.4 is 0 Å². The first kappa shape index (κ1) is 12.0. The lowest BCUT2D eigenvalue weighted by Crippen LogP contribution is -2.26. The second kappa shape index (κ2) is 5.58. The molecule has 0 heterocycles. The van der Waals surface area contributed by atoms with Gasteiger partial charge in [-0.1, -0.05) is 52.6 Å². The summed E-state index contributed by atoms with van der Waals surface area (Å²) in [5.41, 5.74) is 0.480. The summed E-state index contributed by atoms with van der Waals surface area (Å²) in [6, 6.07) is 0. The molecule has 0 fully saturated rings. The fraction of sp³-hybridized carbons (Fsp3) is 1.00. The quantitative estimate of drug-likeness (QED) is 0.659. The molecule has 0 N–H and O–H groups in total. The minimum absolute atomic E-state index is 0.480. The third-order valence-corrected chi connectivity index (χ3v) is 4.76. The Morgan fingerprint density at radius 3 is 2.00 bits per heavy atom. The molecule has 0 aromatic carbocycles. The number of hydrogen-bond acceptors (Lipinski definition) is 0. The van der Waals surface area contributed by atoms with Crippen LogP contribution in [0.15, 0.2) is 0 Å². The number of rotatable bonds is 5. The maximum Gasteiger partial charge on any atom is 0.0207 e. The van der Waals surface area contributed by atoms with E-state index in [2.05, 4.69) is 52.6 Å². The lowest BCUT2D eigenvalue weighted by atomic mass is 9.80. The van der Waals surface area contributed by atoms with Gasteiger partial charge in [0.25, 0.3) is 0 Å². The fourth-order valence-electron chi connectivity index (χ4n) is 1.14. The number of hydrogen-bond donors (Lipinski definition) is 0. The summed E-state index contributed by atoms with van der Waals surface area (Å²) in [5, 5.41) is 1.10. The van der Waals surface area contributed by atoms with E-state index in [-0.39, 0.29) is 0 Å². The van der Waals surface area contributed by atoms with Gasteiger partial charge in [-0.2, -0.15) is 0 Å². The van der Waals surface area contributed by atoms with Crippen LogP contribution in [0.5, 0.6) is 0 Å². The monoisotopic (exact) mass is 284 g/mol. The molecule has 0 aliphatic heterocycles. The van der Waals surface area contributed by atoms with Gasteiger partial charge in [-0.15, -0.1) is 0 Å². The normalized spacial score (nSPS) is 15.0. The Balaban J connectivity index is 4.00. The zero-order valence-corrected chi connectivity index (χ0v) is 10.8. The maximum absolute atomic E-state index is 3.75. The highest BCUT2D eigenvalue weighted by Crippen LogP contribution is 2.36. The topological polar surface area (TPSA) is 0 Å². The lowest BCUT2D eigenvalue weighted by molar-refractivity contribution is 0.287. The Bertz CT molecular complexity index is 97.7. The number of alkyl halides is 2. The molecule has 0 amide bonds. The van der Waals surface area contributed by atoms with Crippen molar-refractivity contribution in [3.05, 3.63) is 0 Å².